The van der Waals surface area contributed by atoms with E-state index in [9.17, 15) is 0 Å². The van der Waals surface area contributed by atoms with E-state index in [0.29, 0.717) is 12.5 Å². The van der Waals surface area contributed by atoms with Crippen molar-refractivity contribution in [3.8, 4) is 5.75 Å². The van der Waals surface area contributed by atoms with Crippen LogP contribution in [0.1, 0.15) is 51.3 Å². The molecule has 2 rings (SSSR count). The number of nitrogens with zero attached hydrogens (tertiary/aromatic N) is 1. The molecular weight excluding hydrogens is 266 g/mol. The molecule has 0 saturated heterocycles. The molecule has 0 radical (unpaired) electrons. The van der Waals surface area contributed by atoms with Crippen molar-refractivity contribution in [2.24, 2.45) is 11.8 Å². The Balaban J connectivity index is 2.39. The van der Waals surface area contributed by atoms with Gasteiger partial charge in [0.1, 0.15) is 11.4 Å². The molecule has 118 valence electrons. The van der Waals surface area contributed by atoms with Gasteiger partial charge in [-0.25, -0.2) is 5.43 Å². The van der Waals surface area contributed by atoms with Crippen molar-refractivity contribution in [2.45, 2.75) is 51.2 Å². The summed E-state index contributed by atoms with van der Waals surface area (Å²) in [4.78, 5) is 4.50. The van der Waals surface area contributed by atoms with Crippen LogP contribution in [0, 0.1) is 5.92 Å². The van der Waals surface area contributed by atoms with Gasteiger partial charge in [0.05, 0.1) is 18.8 Å². The molecule has 1 aromatic rings. The van der Waals surface area contributed by atoms with Crippen LogP contribution in [0.25, 0.3) is 0 Å². The predicted octanol–water partition coefficient (Wildman–Crippen LogP) is 2.58. The van der Waals surface area contributed by atoms with E-state index in [1.54, 1.807) is 13.3 Å². The van der Waals surface area contributed by atoms with Crippen molar-refractivity contribution < 1.29 is 9.47 Å². The van der Waals surface area contributed by atoms with Crippen LogP contribution in [0.4, 0.5) is 0 Å². The molecule has 0 spiro atoms. The van der Waals surface area contributed by atoms with E-state index >= 15 is 0 Å². The molecule has 1 aliphatic carbocycles. The lowest BCUT2D eigenvalue weighted by Crippen LogP contribution is -2.51. The van der Waals surface area contributed by atoms with E-state index in [4.69, 9.17) is 15.3 Å². The minimum atomic E-state index is -0.317. The lowest BCUT2D eigenvalue weighted by atomic mass is 9.73. The maximum atomic E-state index is 6.21. The highest BCUT2D eigenvalue weighted by atomic mass is 16.5. The summed E-state index contributed by atoms with van der Waals surface area (Å²) in [5.41, 5.74) is 3.45. The highest BCUT2D eigenvalue weighted by Crippen LogP contribution is 2.44. The van der Waals surface area contributed by atoms with Crippen molar-refractivity contribution in [1.82, 2.24) is 10.4 Å². The second kappa shape index (κ2) is 7.20. The molecule has 21 heavy (non-hydrogen) atoms. The zero-order valence-electron chi connectivity index (χ0n) is 13.3. The molecule has 3 N–H and O–H groups in total. The molecule has 5 nitrogen and oxygen atoms in total. The fraction of sp³-hybridized carbons (Fsp3) is 0.688. The Hall–Kier alpha value is -1.17. The second-order valence-electron chi connectivity index (χ2n) is 5.89. The first-order chi connectivity index (χ1) is 10.2. The monoisotopic (exact) mass is 293 g/mol. The lowest BCUT2D eigenvalue weighted by molar-refractivity contribution is -0.103. The van der Waals surface area contributed by atoms with Crippen LogP contribution in [0.5, 0.6) is 5.75 Å². The third-order valence-electron chi connectivity index (χ3n) is 4.41. The van der Waals surface area contributed by atoms with Crippen molar-refractivity contribution in [3.05, 3.63) is 24.0 Å². The quantitative estimate of drug-likeness (QED) is 0.623. The predicted molar refractivity (Wildman–Crippen MR) is 82.8 cm³/mol. The highest BCUT2D eigenvalue weighted by molar-refractivity contribution is 5.31. The number of nitrogens with one attached hydrogen (secondary N) is 1. The number of ether oxygens (including phenoxy) is 2. The standard InChI is InChI=1S/C16H27N3O2/c1-4-21-16(9-5-7-12(2)11-16)15(19-17)14-13(20-3)8-6-10-18-14/h6,8,10,12,15,19H,4-5,7,9,11,17H2,1-3H3. The summed E-state index contributed by atoms with van der Waals surface area (Å²) in [6.45, 7) is 4.97. The second-order valence-corrected chi connectivity index (χ2v) is 5.89. The molecule has 0 amide bonds. The third kappa shape index (κ3) is 3.36. The Labute approximate surface area is 127 Å². The maximum absolute atomic E-state index is 6.21. The van der Waals surface area contributed by atoms with Crippen LogP contribution in [0.3, 0.4) is 0 Å². The molecule has 1 fully saturated rings. The molecule has 1 saturated carbocycles. The highest BCUT2D eigenvalue weighted by Gasteiger charge is 2.44. The van der Waals surface area contributed by atoms with Gasteiger partial charge in [0.25, 0.3) is 0 Å². The zero-order chi connectivity index (χ0) is 15.3. The molecule has 5 heteroatoms. The normalized spacial score (nSPS) is 27.3. The number of hydrogen-bond acceptors (Lipinski definition) is 5. The van der Waals surface area contributed by atoms with Crippen molar-refractivity contribution in [3.63, 3.8) is 0 Å². The minimum Gasteiger partial charge on any atom is -0.495 e. The van der Waals surface area contributed by atoms with Gasteiger partial charge in [0.2, 0.25) is 0 Å². The Kier molecular flexibility index (Phi) is 5.56. The van der Waals surface area contributed by atoms with E-state index in [-0.39, 0.29) is 11.6 Å². The molecule has 1 aliphatic rings. The summed E-state index contributed by atoms with van der Waals surface area (Å²) in [7, 11) is 1.66. The van der Waals surface area contributed by atoms with Crippen LogP contribution < -0.4 is 16.0 Å². The molecular formula is C16H27N3O2. The Morgan fingerprint density at radius 1 is 1.57 bits per heavy atom. The number of methoxy groups -OCH3 is 1. The molecule has 0 aliphatic heterocycles. The first-order valence-electron chi connectivity index (χ1n) is 7.76. The van der Waals surface area contributed by atoms with Crippen LogP contribution in [-0.4, -0.2) is 24.3 Å². The Morgan fingerprint density at radius 2 is 2.38 bits per heavy atom. The van der Waals surface area contributed by atoms with Crippen molar-refractivity contribution in [2.75, 3.05) is 13.7 Å². The molecule has 1 aromatic heterocycles. The van der Waals surface area contributed by atoms with E-state index in [2.05, 4.69) is 17.3 Å². The number of rotatable bonds is 6. The van der Waals surface area contributed by atoms with Gasteiger partial charge < -0.3 is 9.47 Å². The number of hydrogen-bond donors (Lipinski definition) is 2. The number of nitrogens with two attached hydrogens (primary N) is 1. The first-order valence-corrected chi connectivity index (χ1v) is 7.76. The van der Waals surface area contributed by atoms with Gasteiger partial charge in [-0.3, -0.25) is 10.8 Å². The SMILES string of the molecule is CCOC1(C(NN)c2ncccc2OC)CCCC(C)C1. The molecule has 0 bridgehead atoms. The van der Waals surface area contributed by atoms with Crippen LogP contribution >= 0.6 is 0 Å². The number of aromatic nitrogens is 1. The van der Waals surface area contributed by atoms with Crippen molar-refractivity contribution in [1.29, 1.82) is 0 Å². The first kappa shape index (κ1) is 16.2. The van der Waals surface area contributed by atoms with Crippen molar-refractivity contribution >= 4 is 0 Å². The average molecular weight is 293 g/mol. The van der Waals surface area contributed by atoms with Gasteiger partial charge in [0.15, 0.2) is 0 Å². The topological polar surface area (TPSA) is 69.4 Å². The summed E-state index contributed by atoms with van der Waals surface area (Å²) < 4.78 is 11.7. The Morgan fingerprint density at radius 3 is 3.00 bits per heavy atom. The number of pyridine rings is 1. The summed E-state index contributed by atoms with van der Waals surface area (Å²) in [5.74, 6) is 7.26. The zero-order valence-corrected chi connectivity index (χ0v) is 13.3. The van der Waals surface area contributed by atoms with Gasteiger partial charge in [0, 0.05) is 12.8 Å². The summed E-state index contributed by atoms with van der Waals surface area (Å²) >= 11 is 0. The maximum Gasteiger partial charge on any atom is 0.142 e. The van der Waals surface area contributed by atoms with E-state index in [0.717, 1.165) is 30.7 Å². The van der Waals surface area contributed by atoms with Gasteiger partial charge in [-0.1, -0.05) is 19.8 Å². The number of hydrazine groups is 1. The van der Waals surface area contributed by atoms with E-state index in [1.165, 1.54) is 6.42 Å². The van der Waals surface area contributed by atoms with Crippen LogP contribution in [-0.2, 0) is 4.74 Å². The fourth-order valence-corrected chi connectivity index (χ4v) is 3.58. The summed E-state index contributed by atoms with van der Waals surface area (Å²) in [6, 6.07) is 3.61. The van der Waals surface area contributed by atoms with Gasteiger partial charge in [-0.2, -0.15) is 0 Å². The molecule has 0 aromatic carbocycles. The fourth-order valence-electron chi connectivity index (χ4n) is 3.58. The van der Waals surface area contributed by atoms with E-state index in [1.807, 2.05) is 19.1 Å². The minimum absolute atomic E-state index is 0.170. The van der Waals surface area contributed by atoms with Crippen LogP contribution in [0.15, 0.2) is 18.3 Å². The summed E-state index contributed by atoms with van der Waals surface area (Å²) in [5, 5.41) is 0. The largest absolute Gasteiger partial charge is 0.495 e. The Bertz CT molecular complexity index is 451. The summed E-state index contributed by atoms with van der Waals surface area (Å²) in [6.07, 6.45) is 6.13. The molecule has 3 atom stereocenters. The average Bonchev–Trinajstić information content (AvgIpc) is 2.48. The van der Waals surface area contributed by atoms with E-state index < -0.39 is 0 Å². The van der Waals surface area contributed by atoms with Gasteiger partial charge in [-0.15, -0.1) is 0 Å². The lowest BCUT2D eigenvalue weighted by Gasteiger charge is -2.44. The molecule has 3 unspecified atom stereocenters. The van der Waals surface area contributed by atoms with Gasteiger partial charge >= 0.3 is 0 Å². The third-order valence-corrected chi connectivity index (χ3v) is 4.41. The van der Waals surface area contributed by atoms with Crippen LogP contribution in [0.2, 0.25) is 0 Å². The van der Waals surface area contributed by atoms with Gasteiger partial charge in [-0.05, 0) is 37.8 Å². The smallest absolute Gasteiger partial charge is 0.142 e. The molecule has 1 heterocycles.